The molecule has 0 aliphatic heterocycles. The zero-order valence-corrected chi connectivity index (χ0v) is 28.3. The molecule has 0 aliphatic rings. The minimum absolute atomic E-state index is 0.370. The number of carbonyl (C=O) groups excluding carboxylic acids is 2. The third-order valence-electron chi connectivity index (χ3n) is 8.69. The summed E-state index contributed by atoms with van der Waals surface area (Å²) in [6.07, 6.45) is 41.4. The van der Waals surface area contributed by atoms with E-state index in [0.717, 1.165) is 25.7 Å². The van der Waals surface area contributed by atoms with Gasteiger partial charge in [0, 0.05) is 11.1 Å². The maximum atomic E-state index is 12.0. The Bertz CT molecular complexity index is 625. The second kappa shape index (κ2) is 32.3. The van der Waals surface area contributed by atoms with Crippen LogP contribution < -0.4 is 11.5 Å². The van der Waals surface area contributed by atoms with E-state index in [4.69, 9.17) is 11.5 Å². The molecule has 0 saturated heterocycles. The van der Waals surface area contributed by atoms with Gasteiger partial charge in [0.1, 0.15) is 0 Å². The van der Waals surface area contributed by atoms with Crippen molar-refractivity contribution in [1.82, 2.24) is 0 Å². The fraction of sp³-hybridized carbons (Fsp3) is 0.842. The molecule has 4 nitrogen and oxygen atoms in total. The largest absolute Gasteiger partial charge is 0.366 e. The highest BCUT2D eigenvalue weighted by Crippen LogP contribution is 2.18. The van der Waals surface area contributed by atoms with E-state index >= 15 is 0 Å². The van der Waals surface area contributed by atoms with Gasteiger partial charge < -0.3 is 11.5 Å². The van der Waals surface area contributed by atoms with E-state index in [1.54, 1.807) is 0 Å². The minimum atomic E-state index is -0.370. The summed E-state index contributed by atoms with van der Waals surface area (Å²) in [7, 11) is 0. The lowest BCUT2D eigenvalue weighted by molar-refractivity contribution is -0.116. The summed E-state index contributed by atoms with van der Waals surface area (Å²) < 4.78 is 0. The monoisotopic (exact) mass is 589 g/mol. The van der Waals surface area contributed by atoms with Gasteiger partial charge in [0.25, 0.3) is 0 Å². The van der Waals surface area contributed by atoms with E-state index in [-0.39, 0.29) is 11.8 Å². The lowest BCUT2D eigenvalue weighted by atomic mass is 10.00. The van der Waals surface area contributed by atoms with Gasteiger partial charge in [-0.2, -0.15) is 0 Å². The van der Waals surface area contributed by atoms with Gasteiger partial charge in [-0.25, -0.2) is 0 Å². The molecule has 0 aliphatic carbocycles. The number of allylic oxidation sites excluding steroid dienone is 2. The van der Waals surface area contributed by atoms with Crippen molar-refractivity contribution in [2.45, 2.75) is 206 Å². The molecule has 0 aromatic carbocycles. The Morgan fingerprint density at radius 3 is 0.810 bits per heavy atom. The fourth-order valence-electron chi connectivity index (χ4n) is 5.80. The average molecular weight is 589 g/mol. The Morgan fingerprint density at radius 2 is 0.595 bits per heavy atom. The highest BCUT2D eigenvalue weighted by molar-refractivity contribution is 5.94. The van der Waals surface area contributed by atoms with Crippen LogP contribution in [0, 0.1) is 0 Å². The quantitative estimate of drug-likeness (QED) is 0.0590. The van der Waals surface area contributed by atoms with Crippen LogP contribution in [-0.4, -0.2) is 11.8 Å². The fourth-order valence-corrected chi connectivity index (χ4v) is 5.80. The van der Waals surface area contributed by atoms with Gasteiger partial charge >= 0.3 is 0 Å². The number of hydrogen-bond acceptors (Lipinski definition) is 2. The Labute approximate surface area is 262 Å². The zero-order valence-electron chi connectivity index (χ0n) is 28.3. The number of primary amides is 2. The molecule has 0 spiro atoms. The van der Waals surface area contributed by atoms with Crippen LogP contribution in [0.1, 0.15) is 206 Å². The molecular weight excluding hydrogens is 516 g/mol. The predicted molar refractivity (Wildman–Crippen MR) is 184 cm³/mol. The summed E-state index contributed by atoms with van der Waals surface area (Å²) in [5, 5.41) is 0. The van der Waals surface area contributed by atoms with Crippen LogP contribution in [0.4, 0.5) is 0 Å². The molecule has 2 amide bonds. The molecular formula is C38H72N2O2. The van der Waals surface area contributed by atoms with Gasteiger partial charge in [-0.05, 0) is 38.5 Å². The van der Waals surface area contributed by atoms with Crippen LogP contribution in [0.3, 0.4) is 0 Å². The third kappa shape index (κ3) is 28.5. The summed E-state index contributed by atoms with van der Waals surface area (Å²) >= 11 is 0. The van der Waals surface area contributed by atoms with Gasteiger partial charge in [-0.1, -0.05) is 180 Å². The van der Waals surface area contributed by atoms with Crippen LogP contribution in [0.2, 0.25) is 0 Å². The molecule has 4 heteroatoms. The summed E-state index contributed by atoms with van der Waals surface area (Å²) in [6, 6.07) is 0. The summed E-state index contributed by atoms with van der Waals surface area (Å²) in [4.78, 5) is 23.9. The summed E-state index contributed by atoms with van der Waals surface area (Å²) in [5.41, 5.74) is 12.6. The van der Waals surface area contributed by atoms with E-state index in [1.165, 1.54) is 154 Å². The SMILES string of the molecule is CCCCCCCCCCCCCCCC=C(CCC(=CCCCCCCCCCCCCCCC)C(N)=O)C(N)=O. The average Bonchev–Trinajstić information content (AvgIpc) is 2.97. The summed E-state index contributed by atoms with van der Waals surface area (Å²) in [6.45, 7) is 4.54. The second-order valence-electron chi connectivity index (χ2n) is 12.7. The molecule has 0 heterocycles. The number of hydrogen-bond donors (Lipinski definition) is 2. The van der Waals surface area contributed by atoms with Crippen LogP contribution in [-0.2, 0) is 9.59 Å². The Balaban J connectivity index is 3.94. The molecule has 0 radical (unpaired) electrons. The van der Waals surface area contributed by atoms with Crippen LogP contribution >= 0.6 is 0 Å². The van der Waals surface area contributed by atoms with Gasteiger partial charge in [-0.15, -0.1) is 0 Å². The normalized spacial score (nSPS) is 12.2. The van der Waals surface area contributed by atoms with Crippen molar-refractivity contribution < 1.29 is 9.59 Å². The van der Waals surface area contributed by atoms with E-state index in [0.29, 0.717) is 24.0 Å². The van der Waals surface area contributed by atoms with Crippen molar-refractivity contribution in [2.75, 3.05) is 0 Å². The lowest BCUT2D eigenvalue weighted by Gasteiger charge is -2.07. The first kappa shape index (κ1) is 40.4. The number of rotatable bonds is 33. The highest BCUT2D eigenvalue weighted by atomic mass is 16.1. The molecule has 0 saturated carbocycles. The van der Waals surface area contributed by atoms with Gasteiger partial charge in [0.2, 0.25) is 11.8 Å². The van der Waals surface area contributed by atoms with Gasteiger partial charge in [0.05, 0.1) is 0 Å². The highest BCUT2D eigenvalue weighted by Gasteiger charge is 2.10. The van der Waals surface area contributed by atoms with E-state index in [2.05, 4.69) is 13.8 Å². The van der Waals surface area contributed by atoms with Crippen molar-refractivity contribution in [3.05, 3.63) is 23.3 Å². The number of carbonyl (C=O) groups is 2. The maximum Gasteiger partial charge on any atom is 0.244 e. The van der Waals surface area contributed by atoms with Crippen molar-refractivity contribution in [1.29, 1.82) is 0 Å². The Hall–Kier alpha value is -1.58. The molecule has 246 valence electrons. The predicted octanol–water partition coefficient (Wildman–Crippen LogP) is 11.6. The molecule has 0 atom stereocenters. The molecule has 0 aromatic rings. The van der Waals surface area contributed by atoms with Crippen molar-refractivity contribution in [3.8, 4) is 0 Å². The number of nitrogens with two attached hydrogens (primary N) is 2. The summed E-state index contributed by atoms with van der Waals surface area (Å²) in [5.74, 6) is -0.741. The lowest BCUT2D eigenvalue weighted by Crippen LogP contribution is -2.17. The van der Waals surface area contributed by atoms with Gasteiger partial charge in [0.15, 0.2) is 0 Å². The van der Waals surface area contributed by atoms with Crippen LogP contribution in [0.5, 0.6) is 0 Å². The first-order chi connectivity index (χ1) is 20.5. The number of unbranched alkanes of at least 4 members (excludes halogenated alkanes) is 26. The standard InChI is InChI=1S/C38H72N2O2/c1-3-5-7-9-11-13-15-17-19-21-23-25-27-29-31-35(37(39)41)33-34-36(38(40)42)32-30-28-26-24-22-20-18-16-14-12-10-8-6-4-2/h31-32H,3-30,33-34H2,1-2H3,(H2,39,41)(H2,40,42). The van der Waals surface area contributed by atoms with E-state index in [9.17, 15) is 9.59 Å². The van der Waals surface area contributed by atoms with Gasteiger partial charge in [-0.3, -0.25) is 9.59 Å². The molecule has 4 N–H and O–H groups in total. The first-order valence-electron chi connectivity index (χ1n) is 18.5. The van der Waals surface area contributed by atoms with E-state index in [1.807, 2.05) is 12.2 Å². The molecule has 0 unspecified atom stereocenters. The van der Waals surface area contributed by atoms with Crippen LogP contribution in [0.15, 0.2) is 23.3 Å². The molecule has 0 aromatic heterocycles. The molecule has 0 bridgehead atoms. The van der Waals surface area contributed by atoms with E-state index < -0.39 is 0 Å². The second-order valence-corrected chi connectivity index (χ2v) is 12.7. The molecule has 0 rings (SSSR count). The Kier molecular flexibility index (Phi) is 31.1. The zero-order chi connectivity index (χ0) is 30.9. The topological polar surface area (TPSA) is 86.2 Å². The number of amides is 2. The molecule has 0 fully saturated rings. The van der Waals surface area contributed by atoms with Crippen molar-refractivity contribution >= 4 is 11.8 Å². The van der Waals surface area contributed by atoms with Crippen molar-refractivity contribution in [2.24, 2.45) is 11.5 Å². The third-order valence-corrected chi connectivity index (χ3v) is 8.69. The minimum Gasteiger partial charge on any atom is -0.366 e. The van der Waals surface area contributed by atoms with Crippen LogP contribution in [0.25, 0.3) is 0 Å². The molecule has 42 heavy (non-hydrogen) atoms. The smallest absolute Gasteiger partial charge is 0.244 e. The maximum absolute atomic E-state index is 12.0. The Morgan fingerprint density at radius 1 is 0.381 bits per heavy atom. The van der Waals surface area contributed by atoms with Crippen molar-refractivity contribution in [3.63, 3.8) is 0 Å². The first-order valence-corrected chi connectivity index (χ1v) is 18.5.